The van der Waals surface area contributed by atoms with Gasteiger partial charge >= 0.3 is 6.03 Å². The van der Waals surface area contributed by atoms with E-state index in [9.17, 15) is 19.5 Å². The number of amides is 4. The molecule has 28 heavy (non-hydrogen) atoms. The van der Waals surface area contributed by atoms with Crippen LogP contribution in [0.4, 0.5) is 4.79 Å². The molecule has 2 atom stereocenters. The Kier molecular flexibility index (Phi) is 6.99. The summed E-state index contributed by atoms with van der Waals surface area (Å²) in [6.07, 6.45) is 2.54. The first-order chi connectivity index (χ1) is 12.6. The molecule has 4 N–H and O–H groups in total. The third-order valence-electron chi connectivity index (χ3n) is 6.48. The van der Waals surface area contributed by atoms with E-state index in [0.29, 0.717) is 38.4 Å². The number of rotatable bonds is 4. The molecule has 1 spiro atoms. The average Bonchev–Trinajstić information content (AvgIpc) is 3.09. The summed E-state index contributed by atoms with van der Waals surface area (Å²) in [6.45, 7) is 7.84. The Labute approximate surface area is 172 Å². The largest absolute Gasteiger partial charge is 0.391 e. The molecule has 2 heterocycles. The lowest BCUT2D eigenvalue weighted by Crippen LogP contribution is -2.51. The van der Waals surface area contributed by atoms with E-state index < -0.39 is 17.7 Å². The summed E-state index contributed by atoms with van der Waals surface area (Å²) in [5.41, 5.74) is -0.656. The van der Waals surface area contributed by atoms with Crippen LogP contribution in [0.2, 0.25) is 0 Å². The number of urea groups is 1. The minimum atomic E-state index is -0.843. The predicted octanol–water partition coefficient (Wildman–Crippen LogP) is 0.632. The van der Waals surface area contributed by atoms with E-state index in [1.165, 1.54) is 0 Å². The lowest BCUT2D eigenvalue weighted by Gasteiger charge is -2.40. The van der Waals surface area contributed by atoms with Gasteiger partial charge in [0.15, 0.2) is 0 Å². The average molecular weight is 417 g/mol. The van der Waals surface area contributed by atoms with E-state index in [0.717, 1.165) is 17.7 Å². The van der Waals surface area contributed by atoms with E-state index in [1.54, 1.807) is 0 Å². The summed E-state index contributed by atoms with van der Waals surface area (Å²) in [5.74, 6) is -0.177. The third kappa shape index (κ3) is 4.60. The maximum atomic E-state index is 12.9. The molecule has 2 aliphatic heterocycles. The summed E-state index contributed by atoms with van der Waals surface area (Å²) in [4.78, 5) is 38.5. The highest BCUT2D eigenvalue weighted by molar-refractivity contribution is 6.09. The first-order valence-electron chi connectivity index (χ1n) is 9.92. The van der Waals surface area contributed by atoms with Crippen LogP contribution in [0, 0.1) is 17.3 Å². The highest BCUT2D eigenvalue weighted by Crippen LogP contribution is 2.43. The van der Waals surface area contributed by atoms with Gasteiger partial charge in [-0.3, -0.25) is 14.5 Å². The number of halogens is 1. The number of aliphatic hydroxyl groups is 1. The highest BCUT2D eigenvalue weighted by atomic mass is 35.5. The molecule has 3 aliphatic rings. The first kappa shape index (κ1) is 22.9. The molecule has 3 fully saturated rings. The fourth-order valence-corrected chi connectivity index (χ4v) is 4.51. The van der Waals surface area contributed by atoms with Gasteiger partial charge in [0, 0.05) is 25.6 Å². The van der Waals surface area contributed by atoms with Crippen molar-refractivity contribution in [3.05, 3.63) is 0 Å². The quantitative estimate of drug-likeness (QED) is 0.502. The molecular formula is C19H33ClN4O4. The third-order valence-corrected chi connectivity index (χ3v) is 6.48. The van der Waals surface area contributed by atoms with Gasteiger partial charge < -0.3 is 21.1 Å². The highest BCUT2D eigenvalue weighted by Gasteiger charge is 2.53. The van der Waals surface area contributed by atoms with Crippen molar-refractivity contribution in [1.29, 1.82) is 0 Å². The topological polar surface area (TPSA) is 111 Å². The maximum absolute atomic E-state index is 12.9. The van der Waals surface area contributed by atoms with Crippen molar-refractivity contribution in [1.82, 2.24) is 20.9 Å². The fourth-order valence-electron chi connectivity index (χ4n) is 4.51. The van der Waals surface area contributed by atoms with Crippen LogP contribution in [0.3, 0.4) is 0 Å². The van der Waals surface area contributed by atoms with Crippen LogP contribution in [-0.4, -0.2) is 65.7 Å². The summed E-state index contributed by atoms with van der Waals surface area (Å²) in [7, 11) is 0. The normalized spacial score (nSPS) is 33.0. The summed E-state index contributed by atoms with van der Waals surface area (Å²) < 4.78 is 0. The van der Waals surface area contributed by atoms with E-state index in [4.69, 9.17) is 0 Å². The SMILES string of the molecule is CC(C)(C)C1CCC2(CC1)NC(=O)N(CC(=O)NCC1CNCC1O)C2=O.Cl. The van der Waals surface area contributed by atoms with E-state index in [-0.39, 0.29) is 42.1 Å². The summed E-state index contributed by atoms with van der Waals surface area (Å²) in [6, 6.07) is -0.480. The molecule has 3 rings (SSSR count). The molecule has 0 aromatic heterocycles. The molecule has 8 nitrogen and oxygen atoms in total. The van der Waals surface area contributed by atoms with E-state index >= 15 is 0 Å². The number of hydrogen-bond acceptors (Lipinski definition) is 5. The Morgan fingerprint density at radius 1 is 1.25 bits per heavy atom. The first-order valence-corrected chi connectivity index (χ1v) is 9.92. The zero-order chi connectivity index (χ0) is 19.8. The molecule has 160 valence electrons. The molecule has 0 bridgehead atoms. The second-order valence-electron chi connectivity index (χ2n) is 9.33. The Morgan fingerprint density at radius 2 is 1.89 bits per heavy atom. The fraction of sp³-hybridized carbons (Fsp3) is 0.842. The molecule has 2 saturated heterocycles. The Morgan fingerprint density at radius 3 is 2.43 bits per heavy atom. The van der Waals surface area contributed by atoms with E-state index in [1.807, 2.05) is 0 Å². The van der Waals surface area contributed by atoms with Crippen molar-refractivity contribution in [2.24, 2.45) is 17.3 Å². The smallest absolute Gasteiger partial charge is 0.325 e. The van der Waals surface area contributed by atoms with Crippen LogP contribution in [0.15, 0.2) is 0 Å². The van der Waals surface area contributed by atoms with Crippen molar-refractivity contribution in [2.45, 2.75) is 58.1 Å². The van der Waals surface area contributed by atoms with Gasteiger partial charge in [0.2, 0.25) is 5.91 Å². The number of β-amino-alcohol motifs (C(OH)–C–C–N with tert-alkyl or cyclic N) is 1. The number of hydrogen-bond donors (Lipinski definition) is 4. The second kappa shape index (κ2) is 8.55. The second-order valence-corrected chi connectivity index (χ2v) is 9.33. The van der Waals surface area contributed by atoms with Gasteiger partial charge in [0.25, 0.3) is 5.91 Å². The summed E-state index contributed by atoms with van der Waals surface area (Å²) >= 11 is 0. The van der Waals surface area contributed by atoms with Gasteiger partial charge in [-0.15, -0.1) is 12.4 Å². The number of carbonyl (C=O) groups excluding carboxylic acids is 3. The van der Waals surface area contributed by atoms with Gasteiger partial charge in [0.05, 0.1) is 6.10 Å². The molecule has 4 amide bonds. The molecule has 2 unspecified atom stereocenters. The van der Waals surface area contributed by atoms with Crippen molar-refractivity contribution in [2.75, 3.05) is 26.2 Å². The predicted molar refractivity (Wildman–Crippen MR) is 107 cm³/mol. The minimum Gasteiger partial charge on any atom is -0.391 e. The molecule has 0 aromatic rings. The Balaban J connectivity index is 0.00000280. The lowest BCUT2D eigenvalue weighted by atomic mass is 9.67. The zero-order valence-corrected chi connectivity index (χ0v) is 17.7. The Bertz CT molecular complexity index is 614. The van der Waals surface area contributed by atoms with Gasteiger partial charge in [-0.05, 0) is 37.0 Å². The van der Waals surface area contributed by atoms with Gasteiger partial charge in [-0.2, -0.15) is 0 Å². The van der Waals surface area contributed by atoms with Gasteiger partial charge in [-0.1, -0.05) is 20.8 Å². The molecule has 0 aromatic carbocycles. The summed E-state index contributed by atoms with van der Waals surface area (Å²) in [5, 5.41) is 18.4. The van der Waals surface area contributed by atoms with Crippen LogP contribution in [0.1, 0.15) is 46.5 Å². The van der Waals surface area contributed by atoms with Crippen LogP contribution >= 0.6 is 12.4 Å². The van der Waals surface area contributed by atoms with Gasteiger partial charge in [-0.25, -0.2) is 4.79 Å². The monoisotopic (exact) mass is 416 g/mol. The van der Waals surface area contributed by atoms with Gasteiger partial charge in [0.1, 0.15) is 12.1 Å². The lowest BCUT2D eigenvalue weighted by molar-refractivity contribution is -0.136. The molecule has 1 aliphatic carbocycles. The minimum absolute atomic E-state index is 0. The van der Waals surface area contributed by atoms with Crippen LogP contribution in [0.5, 0.6) is 0 Å². The Hall–Kier alpha value is -1.38. The molecule has 1 saturated carbocycles. The van der Waals surface area contributed by atoms with Crippen molar-refractivity contribution < 1.29 is 19.5 Å². The number of nitrogens with zero attached hydrogens (tertiary/aromatic N) is 1. The molecule has 0 radical (unpaired) electrons. The molecular weight excluding hydrogens is 384 g/mol. The van der Waals surface area contributed by atoms with Crippen LogP contribution in [0.25, 0.3) is 0 Å². The van der Waals surface area contributed by atoms with Crippen LogP contribution in [-0.2, 0) is 9.59 Å². The maximum Gasteiger partial charge on any atom is 0.325 e. The number of imide groups is 1. The standard InChI is InChI=1S/C19H32N4O4.ClH/c1-18(2,3)13-4-6-19(7-5-13)16(26)23(17(27)22-19)11-15(25)21-9-12-8-20-10-14(12)24;/h12-14,20,24H,4-11H2,1-3H3,(H,21,25)(H,22,27);1H. The number of aliphatic hydroxyl groups excluding tert-OH is 1. The van der Waals surface area contributed by atoms with Crippen molar-refractivity contribution in [3.63, 3.8) is 0 Å². The van der Waals surface area contributed by atoms with Crippen molar-refractivity contribution >= 4 is 30.3 Å². The van der Waals surface area contributed by atoms with Crippen molar-refractivity contribution in [3.8, 4) is 0 Å². The number of nitrogens with one attached hydrogen (secondary N) is 3. The van der Waals surface area contributed by atoms with Crippen LogP contribution < -0.4 is 16.0 Å². The number of carbonyl (C=O) groups is 3. The van der Waals surface area contributed by atoms with E-state index in [2.05, 4.69) is 36.7 Å². The zero-order valence-electron chi connectivity index (χ0n) is 16.9. The molecule has 9 heteroatoms.